The van der Waals surface area contributed by atoms with Crippen LogP contribution in [-0.2, 0) is 18.9 Å². The summed E-state index contributed by atoms with van der Waals surface area (Å²) in [6.45, 7) is 8.92. The molecule has 2 heterocycles. The van der Waals surface area contributed by atoms with Crippen molar-refractivity contribution in [2.45, 2.75) is 88.8 Å². The summed E-state index contributed by atoms with van der Waals surface area (Å²) >= 11 is 0. The van der Waals surface area contributed by atoms with Gasteiger partial charge in [0, 0.05) is 12.5 Å². The Hall–Kier alpha value is -3.41. The summed E-state index contributed by atoms with van der Waals surface area (Å²) in [4.78, 5) is 78.3. The number of fused-ring (bicyclic) bond motifs is 1. The van der Waals surface area contributed by atoms with Gasteiger partial charge in [-0.15, -0.1) is 6.58 Å². The summed E-state index contributed by atoms with van der Waals surface area (Å²) in [5.74, 6) is -1.95. The topological polar surface area (TPSA) is 183 Å². The molecule has 3 aliphatic rings. The zero-order valence-electron chi connectivity index (χ0n) is 24.6. The van der Waals surface area contributed by atoms with E-state index in [1.165, 1.54) is 15.5 Å². The van der Waals surface area contributed by atoms with Crippen LogP contribution in [-0.4, -0.2) is 72.2 Å². The van der Waals surface area contributed by atoms with Gasteiger partial charge in [0.25, 0.3) is 0 Å². The van der Waals surface area contributed by atoms with E-state index >= 15 is 0 Å². The molecule has 0 spiro atoms. The van der Waals surface area contributed by atoms with Crippen LogP contribution in [0.5, 0.6) is 0 Å². The van der Waals surface area contributed by atoms with Crippen molar-refractivity contribution in [3.63, 3.8) is 0 Å². The number of aromatic amines is 1. The molecule has 0 radical (unpaired) electrons. The molecule has 5 rings (SSSR count). The van der Waals surface area contributed by atoms with Crippen molar-refractivity contribution in [3.05, 3.63) is 47.4 Å². The lowest BCUT2D eigenvalue weighted by Crippen LogP contribution is -2.58. The van der Waals surface area contributed by atoms with Crippen LogP contribution in [0.4, 0.5) is 4.79 Å². The number of carbonyl (C=O) groups excluding carboxylic acids is 3. The number of nitrogens with zero attached hydrogens (tertiary/aromatic N) is 2. The normalized spacial score (nSPS) is 26.7. The van der Waals surface area contributed by atoms with E-state index in [-0.39, 0.29) is 25.5 Å². The molecule has 1 saturated heterocycles. The van der Waals surface area contributed by atoms with Crippen molar-refractivity contribution < 1.29 is 33.5 Å². The number of alkyl carbamates (subject to hydrolysis) is 1. The van der Waals surface area contributed by atoms with E-state index in [1.807, 2.05) is 0 Å². The van der Waals surface area contributed by atoms with Gasteiger partial charge in [-0.05, 0) is 56.1 Å². The van der Waals surface area contributed by atoms with Crippen molar-refractivity contribution in [2.75, 3.05) is 6.54 Å². The number of benzene rings is 1. The number of carbonyl (C=O) groups is 3. The molecule has 1 aromatic heterocycles. The zero-order chi connectivity index (χ0) is 31.3. The Morgan fingerprint density at radius 1 is 1.21 bits per heavy atom. The van der Waals surface area contributed by atoms with Crippen molar-refractivity contribution in [1.29, 1.82) is 0 Å². The first kappa shape index (κ1) is 31.0. The first-order chi connectivity index (χ1) is 20.2. The Balaban J connectivity index is 1.47. The molecule has 234 valence electrons. The molecule has 2 aliphatic carbocycles. The summed E-state index contributed by atoms with van der Waals surface area (Å²) in [6.07, 6.45) is 3.89. The van der Waals surface area contributed by atoms with Crippen molar-refractivity contribution in [1.82, 2.24) is 25.1 Å². The summed E-state index contributed by atoms with van der Waals surface area (Å²) in [5.41, 5.74) is -0.0161. The molecular formula is C29H40N5O8P. The first-order valence-electron chi connectivity index (χ1n) is 14.6. The van der Waals surface area contributed by atoms with Crippen LogP contribution in [0.3, 0.4) is 0 Å². The molecule has 1 aromatic carbocycles. The number of hydrogen-bond donors (Lipinski definition) is 5. The van der Waals surface area contributed by atoms with Crippen LogP contribution < -0.4 is 16.3 Å². The second-order valence-corrected chi connectivity index (χ2v) is 14.9. The monoisotopic (exact) mass is 617 g/mol. The lowest BCUT2D eigenvalue weighted by Gasteiger charge is -2.35. The Kier molecular flexibility index (Phi) is 8.12. The van der Waals surface area contributed by atoms with E-state index in [1.54, 1.807) is 45.0 Å². The van der Waals surface area contributed by atoms with Crippen molar-refractivity contribution >= 4 is 36.5 Å². The number of para-hydroxylation sites is 2. The number of aromatic nitrogens is 2. The fraction of sp³-hybridized carbons (Fsp3) is 0.586. The molecule has 3 amide bonds. The van der Waals surface area contributed by atoms with Crippen LogP contribution in [0.2, 0.25) is 0 Å². The predicted octanol–water partition coefficient (Wildman–Crippen LogP) is 2.75. The second kappa shape index (κ2) is 11.3. The van der Waals surface area contributed by atoms with Gasteiger partial charge >= 0.3 is 19.4 Å². The fourth-order valence-electron chi connectivity index (χ4n) is 6.46. The largest absolute Gasteiger partial charge is 0.446 e. The first-order valence-corrected chi connectivity index (χ1v) is 16.2. The van der Waals surface area contributed by atoms with Crippen LogP contribution in [0.15, 0.2) is 41.7 Å². The molecule has 2 saturated carbocycles. The third-order valence-corrected chi connectivity index (χ3v) is 10.6. The van der Waals surface area contributed by atoms with E-state index < -0.39 is 65.9 Å². The maximum Gasteiger partial charge on any atom is 0.408 e. The van der Waals surface area contributed by atoms with Crippen LogP contribution in [0.25, 0.3) is 11.0 Å². The smallest absolute Gasteiger partial charge is 0.408 e. The Morgan fingerprint density at radius 3 is 2.49 bits per heavy atom. The highest BCUT2D eigenvalue weighted by molar-refractivity contribution is 7.54. The molecule has 5 atom stereocenters. The Labute approximate surface area is 249 Å². The number of rotatable bonds is 8. The highest BCUT2D eigenvalue weighted by Crippen LogP contribution is 2.67. The fourth-order valence-corrected chi connectivity index (χ4v) is 7.68. The standard InChI is InChI=1S/C29H40N5O8P/c1-5-17-15-29(17,43(39,40)41)32-24(35)22-14-18(34-21-13-9-8-12-20(21)30-26(34)37)16-33(22)25(36)23(28(2,3)4)31-27(38)42-19-10-6-7-11-19/h5,8-9,12-13,17-19,22-23H,1,6-7,10-11,14-16H2,2-4H3,(H,30,37)(H,31,38)(H,32,35)(H2,39,40,41)/t17-,18+,22-,23-,29?/m0/s1. The summed E-state index contributed by atoms with van der Waals surface area (Å²) < 4.78 is 19.5. The van der Waals surface area contributed by atoms with E-state index in [0.29, 0.717) is 11.0 Å². The van der Waals surface area contributed by atoms with Crippen LogP contribution >= 0.6 is 7.60 Å². The van der Waals surface area contributed by atoms with E-state index in [2.05, 4.69) is 22.2 Å². The number of ether oxygens (including phenoxy) is 1. The van der Waals surface area contributed by atoms with Crippen molar-refractivity contribution in [3.8, 4) is 0 Å². The SMILES string of the molecule is C=C[C@H]1CC1(NC(=O)[C@@H]1C[C@@H](n2c(=O)[nH]c3ccccc32)CN1C(=O)[C@H](NC(=O)OC1CCCC1)C(C)(C)C)P(=O)(O)O. The lowest BCUT2D eigenvalue weighted by atomic mass is 9.85. The lowest BCUT2D eigenvalue weighted by molar-refractivity contribution is -0.142. The summed E-state index contributed by atoms with van der Waals surface area (Å²) in [5, 5.41) is 3.46. The molecule has 2 aromatic rings. The Morgan fingerprint density at radius 2 is 1.88 bits per heavy atom. The minimum atomic E-state index is -4.79. The number of nitrogens with one attached hydrogen (secondary N) is 3. The minimum absolute atomic E-state index is 0.0116. The van der Waals surface area contributed by atoms with E-state index in [9.17, 15) is 33.5 Å². The molecule has 3 fully saturated rings. The van der Waals surface area contributed by atoms with Crippen LogP contribution in [0.1, 0.15) is 65.3 Å². The molecule has 5 N–H and O–H groups in total. The number of likely N-dealkylation sites (tertiary alicyclic amines) is 1. The van der Waals surface area contributed by atoms with Gasteiger partial charge in [0.05, 0.1) is 17.1 Å². The average molecular weight is 618 g/mol. The van der Waals surface area contributed by atoms with Gasteiger partial charge in [0.2, 0.25) is 11.8 Å². The van der Waals surface area contributed by atoms with Gasteiger partial charge in [0.1, 0.15) is 23.5 Å². The predicted molar refractivity (Wildman–Crippen MR) is 158 cm³/mol. The molecule has 0 bridgehead atoms. The van der Waals surface area contributed by atoms with Gasteiger partial charge in [-0.2, -0.15) is 0 Å². The van der Waals surface area contributed by atoms with E-state index in [4.69, 9.17) is 4.74 Å². The number of imidazole rings is 1. The van der Waals surface area contributed by atoms with Gasteiger partial charge in [-0.1, -0.05) is 39.0 Å². The van der Waals surface area contributed by atoms with Gasteiger partial charge < -0.3 is 35.0 Å². The van der Waals surface area contributed by atoms with Crippen molar-refractivity contribution in [2.24, 2.45) is 11.3 Å². The summed E-state index contributed by atoms with van der Waals surface area (Å²) in [6, 6.07) is 4.16. The molecule has 13 nitrogen and oxygen atoms in total. The minimum Gasteiger partial charge on any atom is -0.446 e. The van der Waals surface area contributed by atoms with E-state index in [0.717, 1.165) is 25.7 Å². The number of amides is 3. The average Bonchev–Trinajstić information content (AvgIpc) is 3.25. The highest BCUT2D eigenvalue weighted by Gasteiger charge is 2.66. The molecule has 14 heteroatoms. The molecular weight excluding hydrogens is 577 g/mol. The molecule has 43 heavy (non-hydrogen) atoms. The molecule has 1 aliphatic heterocycles. The quantitative estimate of drug-likeness (QED) is 0.221. The van der Waals surface area contributed by atoms with Gasteiger partial charge in [0.15, 0.2) is 0 Å². The second-order valence-electron chi connectivity index (χ2n) is 13.0. The third kappa shape index (κ3) is 5.90. The zero-order valence-corrected chi connectivity index (χ0v) is 25.5. The molecule has 1 unspecified atom stereocenters. The van der Waals surface area contributed by atoms with Crippen LogP contribution in [0, 0.1) is 11.3 Å². The summed E-state index contributed by atoms with van der Waals surface area (Å²) in [7, 11) is -4.79. The number of H-pyrrole nitrogens is 1. The van der Waals surface area contributed by atoms with Gasteiger partial charge in [-0.3, -0.25) is 18.7 Å². The number of hydrogen-bond acceptors (Lipinski definition) is 6. The highest BCUT2D eigenvalue weighted by atomic mass is 31.2. The maximum atomic E-state index is 14.3. The van der Waals surface area contributed by atoms with Gasteiger partial charge in [-0.25, -0.2) is 9.59 Å². The third-order valence-electron chi connectivity index (χ3n) is 8.93. The Bertz CT molecular complexity index is 1530. The maximum absolute atomic E-state index is 14.3.